The number of amides is 1. The molecule has 0 atom stereocenters. The molecule has 2 N–H and O–H groups in total. The van der Waals surface area contributed by atoms with Crippen molar-refractivity contribution in [2.75, 3.05) is 13.1 Å². The zero-order valence-corrected chi connectivity index (χ0v) is 15.0. The molecule has 3 rings (SSSR count). The lowest BCUT2D eigenvalue weighted by Crippen LogP contribution is -2.53. The highest BCUT2D eigenvalue weighted by atomic mass is 16.3. The van der Waals surface area contributed by atoms with Crippen molar-refractivity contribution in [1.29, 1.82) is 0 Å². The first-order chi connectivity index (χ1) is 12.0. The van der Waals surface area contributed by atoms with Crippen LogP contribution in [0, 0.1) is 13.8 Å². The molecule has 4 heteroatoms. The van der Waals surface area contributed by atoms with E-state index >= 15 is 0 Å². The number of nitrogens with one attached hydrogen (secondary N) is 1. The molecular weight excluding hydrogens is 312 g/mol. The third-order valence-corrected chi connectivity index (χ3v) is 4.82. The van der Waals surface area contributed by atoms with Gasteiger partial charge in [0.25, 0.3) is 5.91 Å². The summed E-state index contributed by atoms with van der Waals surface area (Å²) in [7, 11) is 0. The van der Waals surface area contributed by atoms with Crippen LogP contribution in [0.4, 0.5) is 0 Å². The number of aliphatic hydroxyl groups is 1. The Balaban J connectivity index is 2.00. The smallest absolute Gasteiger partial charge is 0.275 e. The lowest BCUT2D eigenvalue weighted by Gasteiger charge is -2.33. The third-order valence-electron chi connectivity index (χ3n) is 4.82. The van der Waals surface area contributed by atoms with E-state index in [9.17, 15) is 9.90 Å². The van der Waals surface area contributed by atoms with Crippen molar-refractivity contribution >= 4 is 5.91 Å². The summed E-state index contributed by atoms with van der Waals surface area (Å²) in [5.74, 6) is -0.398. The molecule has 1 fully saturated rings. The highest BCUT2D eigenvalue weighted by molar-refractivity contribution is 5.89. The number of hydrogen-bond donors (Lipinski definition) is 2. The molecule has 1 aliphatic heterocycles. The van der Waals surface area contributed by atoms with Crippen molar-refractivity contribution in [3.63, 3.8) is 0 Å². The van der Waals surface area contributed by atoms with E-state index in [1.165, 1.54) is 6.42 Å². The summed E-state index contributed by atoms with van der Waals surface area (Å²) < 4.78 is 0. The first-order valence-electron chi connectivity index (χ1n) is 8.93. The molecule has 2 aromatic carbocycles. The maximum absolute atomic E-state index is 13.2. The van der Waals surface area contributed by atoms with E-state index < -0.39 is 11.5 Å². The minimum absolute atomic E-state index is 0.398. The molecule has 1 saturated heterocycles. The first-order valence-corrected chi connectivity index (χ1v) is 8.93. The SMILES string of the molecule is Cc1cccc(C(O)(C(=O)NN2CCCCC2)c2cccc(C)c2)c1. The number of aryl methyl sites for hydroxylation is 2. The number of carbonyl (C=O) groups is 1. The Kier molecular flexibility index (Phi) is 5.21. The third kappa shape index (κ3) is 3.75. The van der Waals surface area contributed by atoms with E-state index in [1.54, 1.807) is 0 Å². The zero-order chi connectivity index (χ0) is 17.9. The van der Waals surface area contributed by atoms with Crippen molar-refractivity contribution in [3.8, 4) is 0 Å². The van der Waals surface area contributed by atoms with Crippen LogP contribution < -0.4 is 5.43 Å². The average molecular weight is 338 g/mol. The standard InChI is InChI=1S/C21H26N2O2/c1-16-8-6-10-18(14-16)21(25,19-11-7-9-17(2)15-19)20(24)22-23-12-4-3-5-13-23/h6-11,14-15,25H,3-5,12-13H2,1-2H3,(H,22,24). The average Bonchev–Trinajstić information content (AvgIpc) is 2.62. The Hall–Kier alpha value is -2.17. The summed E-state index contributed by atoms with van der Waals surface area (Å²) in [5.41, 5.74) is 4.43. The van der Waals surface area contributed by atoms with E-state index in [2.05, 4.69) is 5.43 Å². The van der Waals surface area contributed by atoms with Crippen molar-refractivity contribution < 1.29 is 9.90 Å². The Morgan fingerprint density at radius 1 is 0.960 bits per heavy atom. The van der Waals surface area contributed by atoms with Gasteiger partial charge in [-0.25, -0.2) is 5.01 Å². The molecule has 1 aliphatic rings. The summed E-state index contributed by atoms with van der Waals surface area (Å²) in [6.07, 6.45) is 3.31. The van der Waals surface area contributed by atoms with Crippen molar-refractivity contribution in [2.24, 2.45) is 0 Å². The predicted molar refractivity (Wildman–Crippen MR) is 98.9 cm³/mol. The van der Waals surface area contributed by atoms with Gasteiger partial charge < -0.3 is 5.11 Å². The lowest BCUT2D eigenvalue weighted by atomic mass is 9.84. The van der Waals surface area contributed by atoms with Crippen LogP contribution in [-0.4, -0.2) is 29.1 Å². The second-order valence-electron chi connectivity index (χ2n) is 6.94. The van der Waals surface area contributed by atoms with Gasteiger partial charge in [-0.15, -0.1) is 0 Å². The molecule has 2 aromatic rings. The van der Waals surface area contributed by atoms with Gasteiger partial charge in [0.1, 0.15) is 0 Å². The molecule has 132 valence electrons. The highest BCUT2D eigenvalue weighted by Crippen LogP contribution is 2.31. The molecule has 0 unspecified atom stereocenters. The van der Waals surface area contributed by atoms with Gasteiger partial charge in [0, 0.05) is 13.1 Å². The maximum atomic E-state index is 13.2. The van der Waals surface area contributed by atoms with Crippen LogP contribution >= 0.6 is 0 Å². The summed E-state index contributed by atoms with van der Waals surface area (Å²) in [6, 6.07) is 15.0. The van der Waals surface area contributed by atoms with Gasteiger partial charge in [-0.2, -0.15) is 0 Å². The summed E-state index contributed by atoms with van der Waals surface area (Å²) in [6.45, 7) is 5.57. The fourth-order valence-corrected chi connectivity index (χ4v) is 3.40. The molecule has 1 heterocycles. The Bertz CT molecular complexity index is 706. The summed E-state index contributed by atoms with van der Waals surface area (Å²) in [4.78, 5) is 13.2. The normalized spacial score (nSPS) is 15.8. The molecule has 0 radical (unpaired) electrons. The monoisotopic (exact) mass is 338 g/mol. The van der Waals surface area contributed by atoms with E-state index in [0.717, 1.165) is 37.1 Å². The van der Waals surface area contributed by atoms with Gasteiger partial charge in [0.2, 0.25) is 0 Å². The van der Waals surface area contributed by atoms with E-state index in [0.29, 0.717) is 11.1 Å². The molecule has 0 aliphatic carbocycles. The zero-order valence-electron chi connectivity index (χ0n) is 15.0. The minimum atomic E-state index is -1.71. The van der Waals surface area contributed by atoms with E-state index in [1.807, 2.05) is 67.4 Å². The number of hydrazine groups is 1. The molecular formula is C21H26N2O2. The van der Waals surface area contributed by atoms with Gasteiger partial charge in [0.15, 0.2) is 5.60 Å². The van der Waals surface area contributed by atoms with E-state index in [4.69, 9.17) is 0 Å². The quantitative estimate of drug-likeness (QED) is 0.901. The Morgan fingerprint density at radius 3 is 1.96 bits per heavy atom. The number of carbonyl (C=O) groups excluding carboxylic acids is 1. The fraction of sp³-hybridized carbons (Fsp3) is 0.381. The van der Waals surface area contributed by atoms with Crippen LogP contribution in [0.3, 0.4) is 0 Å². The second kappa shape index (κ2) is 7.38. The largest absolute Gasteiger partial charge is 0.372 e. The lowest BCUT2D eigenvalue weighted by molar-refractivity contribution is -0.142. The molecule has 1 amide bonds. The topological polar surface area (TPSA) is 52.6 Å². The maximum Gasteiger partial charge on any atom is 0.275 e. The first kappa shape index (κ1) is 17.6. The van der Waals surface area contributed by atoms with Crippen LogP contribution in [0.2, 0.25) is 0 Å². The van der Waals surface area contributed by atoms with Crippen LogP contribution in [0.5, 0.6) is 0 Å². The summed E-state index contributed by atoms with van der Waals surface area (Å²) in [5, 5.41) is 13.5. The fourth-order valence-electron chi connectivity index (χ4n) is 3.40. The Morgan fingerprint density at radius 2 is 1.48 bits per heavy atom. The van der Waals surface area contributed by atoms with Crippen molar-refractivity contribution in [2.45, 2.75) is 38.7 Å². The number of rotatable bonds is 4. The van der Waals surface area contributed by atoms with Gasteiger partial charge in [-0.05, 0) is 37.8 Å². The van der Waals surface area contributed by atoms with Crippen LogP contribution in [0.1, 0.15) is 41.5 Å². The van der Waals surface area contributed by atoms with Crippen LogP contribution in [0.15, 0.2) is 48.5 Å². The number of nitrogens with zero attached hydrogens (tertiary/aromatic N) is 1. The number of piperidine rings is 1. The Labute approximate surface area is 149 Å². The molecule has 0 aromatic heterocycles. The second-order valence-corrected chi connectivity index (χ2v) is 6.94. The molecule has 0 bridgehead atoms. The molecule has 0 saturated carbocycles. The molecule has 4 nitrogen and oxygen atoms in total. The van der Waals surface area contributed by atoms with Crippen molar-refractivity contribution in [1.82, 2.24) is 10.4 Å². The number of benzene rings is 2. The highest BCUT2D eigenvalue weighted by Gasteiger charge is 2.41. The van der Waals surface area contributed by atoms with Gasteiger partial charge >= 0.3 is 0 Å². The van der Waals surface area contributed by atoms with Gasteiger partial charge in [-0.1, -0.05) is 66.1 Å². The molecule has 25 heavy (non-hydrogen) atoms. The van der Waals surface area contributed by atoms with Crippen LogP contribution in [0.25, 0.3) is 0 Å². The predicted octanol–water partition coefficient (Wildman–Crippen LogP) is 3.06. The number of hydrogen-bond acceptors (Lipinski definition) is 3. The van der Waals surface area contributed by atoms with E-state index in [-0.39, 0.29) is 0 Å². The van der Waals surface area contributed by atoms with Crippen LogP contribution in [-0.2, 0) is 10.4 Å². The molecule has 0 spiro atoms. The van der Waals surface area contributed by atoms with Crippen molar-refractivity contribution in [3.05, 3.63) is 70.8 Å². The summed E-state index contributed by atoms with van der Waals surface area (Å²) >= 11 is 0. The minimum Gasteiger partial charge on any atom is -0.372 e. The van der Waals surface area contributed by atoms with Gasteiger partial charge in [-0.3, -0.25) is 10.2 Å². The van der Waals surface area contributed by atoms with Gasteiger partial charge in [0.05, 0.1) is 0 Å².